The fourth-order valence-electron chi connectivity index (χ4n) is 3.16. The molecule has 0 spiro atoms. The van der Waals surface area contributed by atoms with Gasteiger partial charge in [-0.05, 0) is 25.2 Å². The molecule has 1 heterocycles. The Hall–Kier alpha value is -1.80. The molecule has 1 rings (SSSR count). The first-order chi connectivity index (χ1) is 13.0. The molecule has 0 bridgehead atoms. The van der Waals surface area contributed by atoms with Gasteiger partial charge in [0, 0.05) is 32.2 Å². The summed E-state index contributed by atoms with van der Waals surface area (Å²) >= 11 is 0. The number of methoxy groups -OCH3 is 1. The molecule has 0 aliphatic carbocycles. The molecule has 0 aromatic rings. The highest BCUT2D eigenvalue weighted by molar-refractivity contribution is 5.79. The lowest BCUT2D eigenvalue weighted by molar-refractivity contribution is -0.140. The minimum absolute atomic E-state index is 0.0798. The molecule has 1 aliphatic heterocycles. The van der Waals surface area contributed by atoms with Crippen molar-refractivity contribution < 1.29 is 19.4 Å². The summed E-state index contributed by atoms with van der Waals surface area (Å²) in [6, 6.07) is 0.0798. The van der Waals surface area contributed by atoms with Crippen LogP contribution in [0.15, 0.2) is 12.2 Å². The number of esters is 1. The normalized spacial score (nSPS) is 19.0. The highest BCUT2D eigenvalue weighted by Crippen LogP contribution is 2.22. The van der Waals surface area contributed by atoms with E-state index in [0.29, 0.717) is 19.3 Å². The molecule has 1 aliphatic rings. The maximum absolute atomic E-state index is 12.1. The van der Waals surface area contributed by atoms with Crippen molar-refractivity contribution in [1.82, 2.24) is 4.90 Å². The Bertz CT molecular complexity index is 546. The topological polar surface area (TPSA) is 66.8 Å². The van der Waals surface area contributed by atoms with Crippen molar-refractivity contribution in [1.29, 1.82) is 0 Å². The minimum atomic E-state index is -0.535. The molecule has 0 aromatic carbocycles. The second kappa shape index (κ2) is 13.4. The zero-order chi connectivity index (χ0) is 20.1. The average Bonchev–Trinajstić information content (AvgIpc) is 3.02. The van der Waals surface area contributed by atoms with Crippen LogP contribution in [0.25, 0.3) is 0 Å². The number of likely N-dealkylation sites (tertiary alicyclic amines) is 1. The number of ether oxygens (including phenoxy) is 1. The van der Waals surface area contributed by atoms with Gasteiger partial charge in [-0.2, -0.15) is 0 Å². The van der Waals surface area contributed by atoms with Crippen LogP contribution in [0.1, 0.15) is 71.6 Å². The standard InChI is InChI=1S/C22H35NO4/c1-4-5-8-11-18(2)20(24)15-13-19-14-16-21(25)23(19)17-10-7-6-9-12-22(26)27-3/h13,15,18-20,24H,4,6-7,9-12,14,16-17H2,1-3H3/b15-13+/t18?,19-,20+/m0/s1. The molecule has 0 saturated carbocycles. The van der Waals surface area contributed by atoms with E-state index >= 15 is 0 Å². The highest BCUT2D eigenvalue weighted by atomic mass is 16.5. The largest absolute Gasteiger partial charge is 0.469 e. The molecule has 0 aromatic heterocycles. The monoisotopic (exact) mass is 377 g/mol. The Kier molecular flexibility index (Phi) is 11.5. The van der Waals surface area contributed by atoms with Crippen LogP contribution >= 0.6 is 0 Å². The minimum Gasteiger partial charge on any atom is -0.469 e. The smallest absolute Gasteiger partial charge is 0.305 e. The van der Waals surface area contributed by atoms with Crippen LogP contribution in [0.4, 0.5) is 0 Å². The highest BCUT2D eigenvalue weighted by Gasteiger charge is 2.28. The van der Waals surface area contributed by atoms with Crippen molar-refractivity contribution in [3.05, 3.63) is 12.2 Å². The summed E-state index contributed by atoms with van der Waals surface area (Å²) in [7, 11) is 1.41. The van der Waals surface area contributed by atoms with Crippen LogP contribution in [0, 0.1) is 17.8 Å². The third-order valence-electron chi connectivity index (χ3n) is 4.97. The van der Waals surface area contributed by atoms with E-state index in [1.807, 2.05) is 30.9 Å². The maximum Gasteiger partial charge on any atom is 0.305 e. The van der Waals surface area contributed by atoms with E-state index in [1.54, 1.807) is 0 Å². The third-order valence-corrected chi connectivity index (χ3v) is 4.97. The van der Waals surface area contributed by atoms with Gasteiger partial charge in [0.25, 0.3) is 0 Å². The molecule has 1 fully saturated rings. The predicted octanol–water partition coefficient (Wildman–Crippen LogP) is 3.46. The van der Waals surface area contributed by atoms with Crippen molar-refractivity contribution in [3.8, 4) is 11.8 Å². The van der Waals surface area contributed by atoms with Gasteiger partial charge in [-0.3, -0.25) is 9.59 Å². The summed E-state index contributed by atoms with van der Waals surface area (Å²) in [6.07, 6.45) is 10.4. The number of amides is 1. The molecule has 1 N–H and O–H groups in total. The lowest BCUT2D eigenvalue weighted by atomic mass is 10.00. The summed E-state index contributed by atoms with van der Waals surface area (Å²) in [5.41, 5.74) is 0. The van der Waals surface area contributed by atoms with Gasteiger partial charge in [-0.1, -0.05) is 38.8 Å². The predicted molar refractivity (Wildman–Crippen MR) is 107 cm³/mol. The molecule has 27 heavy (non-hydrogen) atoms. The van der Waals surface area contributed by atoms with Gasteiger partial charge in [0.1, 0.15) is 0 Å². The molecule has 152 valence electrons. The van der Waals surface area contributed by atoms with Gasteiger partial charge in [0.05, 0.1) is 19.3 Å². The van der Waals surface area contributed by atoms with Crippen LogP contribution < -0.4 is 0 Å². The fourth-order valence-corrected chi connectivity index (χ4v) is 3.16. The van der Waals surface area contributed by atoms with Crippen LogP contribution in [0.5, 0.6) is 0 Å². The van der Waals surface area contributed by atoms with Crippen molar-refractivity contribution in [2.75, 3.05) is 13.7 Å². The average molecular weight is 378 g/mol. The van der Waals surface area contributed by atoms with Gasteiger partial charge in [-0.25, -0.2) is 0 Å². The molecule has 5 nitrogen and oxygen atoms in total. The van der Waals surface area contributed by atoms with E-state index in [4.69, 9.17) is 0 Å². The molecular formula is C22H35NO4. The number of rotatable bonds is 11. The Morgan fingerprint density at radius 2 is 2.07 bits per heavy atom. The summed E-state index contributed by atoms with van der Waals surface area (Å²) in [5, 5.41) is 10.3. The number of carbonyl (C=O) groups is 2. The maximum atomic E-state index is 12.1. The van der Waals surface area contributed by atoms with Gasteiger partial charge in [-0.15, -0.1) is 11.8 Å². The van der Waals surface area contributed by atoms with E-state index in [0.717, 1.165) is 45.1 Å². The summed E-state index contributed by atoms with van der Waals surface area (Å²) < 4.78 is 4.63. The summed E-state index contributed by atoms with van der Waals surface area (Å²) in [4.78, 5) is 25.1. The van der Waals surface area contributed by atoms with E-state index in [-0.39, 0.29) is 23.8 Å². The van der Waals surface area contributed by atoms with Crippen molar-refractivity contribution in [2.45, 2.75) is 83.8 Å². The lowest BCUT2D eigenvalue weighted by Crippen LogP contribution is -2.33. The molecule has 5 heteroatoms. The lowest BCUT2D eigenvalue weighted by Gasteiger charge is -2.23. The van der Waals surface area contributed by atoms with Crippen molar-refractivity contribution in [2.24, 2.45) is 5.92 Å². The van der Waals surface area contributed by atoms with Crippen molar-refractivity contribution in [3.63, 3.8) is 0 Å². The van der Waals surface area contributed by atoms with E-state index < -0.39 is 6.10 Å². The second-order valence-electron chi connectivity index (χ2n) is 7.20. The molecule has 1 amide bonds. The first kappa shape index (κ1) is 23.2. The summed E-state index contributed by atoms with van der Waals surface area (Å²) in [5.74, 6) is 6.22. The first-order valence-corrected chi connectivity index (χ1v) is 10.2. The van der Waals surface area contributed by atoms with E-state index in [9.17, 15) is 14.7 Å². The van der Waals surface area contributed by atoms with Gasteiger partial charge in [0.2, 0.25) is 5.91 Å². The van der Waals surface area contributed by atoms with Crippen LogP contribution in [-0.4, -0.2) is 47.7 Å². The Labute approximate surface area is 164 Å². The Morgan fingerprint density at radius 1 is 1.33 bits per heavy atom. The first-order valence-electron chi connectivity index (χ1n) is 10.2. The fraction of sp³-hybridized carbons (Fsp3) is 0.727. The Balaban J connectivity index is 2.37. The zero-order valence-electron chi connectivity index (χ0n) is 17.1. The number of hydrogen-bond donors (Lipinski definition) is 1. The van der Waals surface area contributed by atoms with Gasteiger partial charge in [0.15, 0.2) is 0 Å². The Morgan fingerprint density at radius 3 is 2.78 bits per heavy atom. The SMILES string of the molecule is CCC#CCC(C)[C@H](O)/C=C/[C@H]1CCC(=O)N1CCCCCCC(=O)OC. The van der Waals surface area contributed by atoms with Crippen molar-refractivity contribution >= 4 is 11.9 Å². The van der Waals surface area contributed by atoms with E-state index in [1.165, 1.54) is 7.11 Å². The summed E-state index contributed by atoms with van der Waals surface area (Å²) in [6.45, 7) is 4.74. The van der Waals surface area contributed by atoms with Crippen LogP contribution in [0.3, 0.4) is 0 Å². The number of unbranched alkanes of at least 4 members (excludes halogenated alkanes) is 3. The molecule has 3 atom stereocenters. The van der Waals surface area contributed by atoms with Crippen LogP contribution in [-0.2, 0) is 14.3 Å². The zero-order valence-corrected chi connectivity index (χ0v) is 17.1. The molecule has 1 saturated heterocycles. The number of aliphatic hydroxyl groups is 1. The van der Waals surface area contributed by atoms with Crippen LogP contribution in [0.2, 0.25) is 0 Å². The molecule has 0 radical (unpaired) electrons. The number of hydrogen-bond acceptors (Lipinski definition) is 4. The van der Waals surface area contributed by atoms with E-state index in [2.05, 4.69) is 16.6 Å². The second-order valence-corrected chi connectivity index (χ2v) is 7.20. The molecular weight excluding hydrogens is 342 g/mol. The number of carbonyl (C=O) groups excluding carboxylic acids is 2. The molecule has 1 unspecified atom stereocenters. The third kappa shape index (κ3) is 9.10. The van der Waals surface area contributed by atoms with Gasteiger partial charge >= 0.3 is 5.97 Å². The quantitative estimate of drug-likeness (QED) is 0.259. The van der Waals surface area contributed by atoms with Gasteiger partial charge < -0.3 is 14.7 Å². The number of nitrogens with zero attached hydrogens (tertiary/aromatic N) is 1. The number of aliphatic hydroxyl groups excluding tert-OH is 1.